The number of fused-ring (bicyclic) bond motifs is 2. The Balaban J connectivity index is 0.00000161. The second-order valence-electron chi connectivity index (χ2n) is 6.17. The summed E-state index contributed by atoms with van der Waals surface area (Å²) in [4.78, 5) is 14.8. The normalized spacial score (nSPS) is 24.3. The number of carbonyl (C=O) groups excluding carboxylic acids is 1. The number of hydrogen-bond acceptors (Lipinski definition) is 2. The Bertz CT molecular complexity index is 477. The first-order valence-electron chi connectivity index (χ1n) is 7.81. The van der Waals surface area contributed by atoms with Crippen LogP contribution < -0.4 is 5.32 Å². The quantitative estimate of drug-likeness (QED) is 0.931. The van der Waals surface area contributed by atoms with Crippen LogP contribution in [0.3, 0.4) is 0 Å². The molecule has 4 heteroatoms. The molecule has 0 spiro atoms. The summed E-state index contributed by atoms with van der Waals surface area (Å²) in [7, 11) is 0. The van der Waals surface area contributed by atoms with Crippen molar-refractivity contribution in [3.05, 3.63) is 35.4 Å². The number of aryl methyl sites for hydroxylation is 2. The molecule has 0 aromatic heterocycles. The maximum Gasteiger partial charge on any atom is 0.223 e. The Labute approximate surface area is 133 Å². The van der Waals surface area contributed by atoms with Crippen LogP contribution in [0.25, 0.3) is 0 Å². The number of nitrogens with zero attached hydrogens (tertiary/aromatic N) is 1. The van der Waals surface area contributed by atoms with Crippen LogP contribution in [0.1, 0.15) is 36.8 Å². The fraction of sp³-hybridized carbons (Fsp3) is 0.588. The number of benzene rings is 1. The van der Waals surface area contributed by atoms with Crippen molar-refractivity contribution in [3.63, 3.8) is 0 Å². The molecule has 0 radical (unpaired) electrons. The predicted molar refractivity (Wildman–Crippen MR) is 87.9 cm³/mol. The largest absolute Gasteiger partial charge is 0.335 e. The van der Waals surface area contributed by atoms with Crippen molar-refractivity contribution in [2.45, 2.75) is 51.1 Å². The zero-order valence-corrected chi connectivity index (χ0v) is 13.5. The lowest BCUT2D eigenvalue weighted by Gasteiger charge is -2.28. The molecule has 1 N–H and O–H groups in total. The zero-order chi connectivity index (χ0) is 13.9. The van der Waals surface area contributed by atoms with E-state index < -0.39 is 0 Å². The van der Waals surface area contributed by atoms with Crippen LogP contribution in [0, 0.1) is 6.92 Å². The van der Waals surface area contributed by atoms with Crippen molar-refractivity contribution in [2.24, 2.45) is 0 Å². The molecule has 2 bridgehead atoms. The van der Waals surface area contributed by atoms with Crippen molar-refractivity contribution in [2.75, 3.05) is 13.1 Å². The molecule has 3 nitrogen and oxygen atoms in total. The van der Waals surface area contributed by atoms with E-state index in [0.717, 1.165) is 25.9 Å². The first-order valence-corrected chi connectivity index (χ1v) is 7.81. The van der Waals surface area contributed by atoms with E-state index in [1.807, 2.05) is 0 Å². The van der Waals surface area contributed by atoms with Gasteiger partial charge in [0.2, 0.25) is 5.91 Å². The second kappa shape index (κ2) is 7.28. The van der Waals surface area contributed by atoms with E-state index in [0.29, 0.717) is 24.4 Å². The van der Waals surface area contributed by atoms with Gasteiger partial charge in [0.25, 0.3) is 0 Å². The lowest BCUT2D eigenvalue weighted by molar-refractivity contribution is -0.133. The summed E-state index contributed by atoms with van der Waals surface area (Å²) in [5, 5.41) is 3.45. The van der Waals surface area contributed by atoms with Crippen molar-refractivity contribution >= 4 is 18.3 Å². The van der Waals surface area contributed by atoms with E-state index in [2.05, 4.69) is 41.4 Å². The van der Waals surface area contributed by atoms with E-state index in [1.165, 1.54) is 24.0 Å². The Morgan fingerprint density at radius 3 is 2.90 bits per heavy atom. The van der Waals surface area contributed by atoms with Gasteiger partial charge in [0.15, 0.2) is 0 Å². The van der Waals surface area contributed by atoms with Crippen LogP contribution in [0.2, 0.25) is 0 Å². The third kappa shape index (κ3) is 3.78. The molecule has 2 unspecified atom stereocenters. The number of nitrogens with one attached hydrogen (secondary N) is 1. The van der Waals surface area contributed by atoms with E-state index in [4.69, 9.17) is 0 Å². The Kier molecular flexibility index (Phi) is 5.65. The summed E-state index contributed by atoms with van der Waals surface area (Å²) >= 11 is 0. The molecular formula is C17H25ClN2O. The average molecular weight is 309 g/mol. The number of carbonyl (C=O) groups is 1. The van der Waals surface area contributed by atoms with Gasteiger partial charge in [0.05, 0.1) is 0 Å². The van der Waals surface area contributed by atoms with Gasteiger partial charge in [-0.05, 0) is 44.7 Å². The van der Waals surface area contributed by atoms with Gasteiger partial charge in [-0.25, -0.2) is 0 Å². The Morgan fingerprint density at radius 1 is 1.29 bits per heavy atom. The lowest BCUT2D eigenvalue weighted by Crippen LogP contribution is -2.42. The maximum absolute atomic E-state index is 12.6. The molecule has 2 atom stereocenters. The average Bonchev–Trinajstić information content (AvgIpc) is 2.69. The van der Waals surface area contributed by atoms with Crippen molar-refractivity contribution in [1.82, 2.24) is 10.2 Å². The molecule has 2 aliphatic rings. The Hall–Kier alpha value is -1.06. The number of hydrogen-bond donors (Lipinski definition) is 1. The molecule has 3 rings (SSSR count). The Morgan fingerprint density at radius 2 is 2.10 bits per heavy atom. The van der Waals surface area contributed by atoms with Crippen LogP contribution in [-0.4, -0.2) is 36.0 Å². The lowest BCUT2D eigenvalue weighted by atomic mass is 10.1. The molecule has 1 aromatic rings. The van der Waals surface area contributed by atoms with Gasteiger partial charge in [-0.3, -0.25) is 4.79 Å². The third-order valence-corrected chi connectivity index (χ3v) is 4.65. The number of rotatable bonds is 3. The molecule has 2 fully saturated rings. The summed E-state index contributed by atoms with van der Waals surface area (Å²) in [5.41, 5.74) is 2.55. The SMILES string of the molecule is Cc1cccc(CCC(=O)N2C3CCNCC2CC3)c1.Cl. The van der Waals surface area contributed by atoms with Crippen molar-refractivity contribution < 1.29 is 4.79 Å². The highest BCUT2D eigenvalue weighted by molar-refractivity contribution is 5.85. The highest BCUT2D eigenvalue weighted by Crippen LogP contribution is 2.28. The monoisotopic (exact) mass is 308 g/mol. The minimum atomic E-state index is 0. The van der Waals surface area contributed by atoms with E-state index in [-0.39, 0.29) is 12.4 Å². The standard InChI is InChI=1S/C17H24N2O.ClH/c1-13-3-2-4-14(11-13)5-8-17(20)19-15-6-7-16(19)12-18-10-9-15;/h2-4,11,15-16,18H,5-10,12H2,1H3;1H. The highest BCUT2D eigenvalue weighted by atomic mass is 35.5. The van der Waals surface area contributed by atoms with Gasteiger partial charge >= 0.3 is 0 Å². The van der Waals surface area contributed by atoms with E-state index >= 15 is 0 Å². The van der Waals surface area contributed by atoms with Crippen LogP contribution >= 0.6 is 12.4 Å². The van der Waals surface area contributed by atoms with Gasteiger partial charge in [-0.1, -0.05) is 29.8 Å². The maximum atomic E-state index is 12.6. The minimum Gasteiger partial charge on any atom is -0.335 e. The third-order valence-electron chi connectivity index (χ3n) is 4.65. The van der Waals surface area contributed by atoms with Crippen LogP contribution in [0.4, 0.5) is 0 Å². The molecule has 2 saturated heterocycles. The van der Waals surface area contributed by atoms with Gasteiger partial charge < -0.3 is 10.2 Å². The van der Waals surface area contributed by atoms with E-state index in [1.54, 1.807) is 0 Å². The fourth-order valence-electron chi connectivity index (χ4n) is 3.64. The molecule has 1 amide bonds. The summed E-state index contributed by atoms with van der Waals surface area (Å²) in [6.45, 7) is 4.14. The summed E-state index contributed by atoms with van der Waals surface area (Å²) in [5.74, 6) is 0.350. The molecule has 2 aliphatic heterocycles. The summed E-state index contributed by atoms with van der Waals surface area (Å²) in [6.07, 6.45) is 5.00. The minimum absolute atomic E-state index is 0. The summed E-state index contributed by atoms with van der Waals surface area (Å²) < 4.78 is 0. The van der Waals surface area contributed by atoms with Crippen LogP contribution in [-0.2, 0) is 11.2 Å². The molecule has 1 aromatic carbocycles. The molecule has 0 saturated carbocycles. The molecule has 0 aliphatic carbocycles. The van der Waals surface area contributed by atoms with Gasteiger partial charge in [-0.15, -0.1) is 12.4 Å². The van der Waals surface area contributed by atoms with Gasteiger partial charge in [0, 0.05) is 25.0 Å². The van der Waals surface area contributed by atoms with Gasteiger partial charge in [-0.2, -0.15) is 0 Å². The highest BCUT2D eigenvalue weighted by Gasteiger charge is 2.37. The smallest absolute Gasteiger partial charge is 0.223 e. The number of amides is 1. The predicted octanol–water partition coefficient (Wildman–Crippen LogP) is 2.70. The topological polar surface area (TPSA) is 32.3 Å². The van der Waals surface area contributed by atoms with Crippen molar-refractivity contribution in [3.8, 4) is 0 Å². The molecular weight excluding hydrogens is 284 g/mol. The first-order chi connectivity index (χ1) is 9.74. The van der Waals surface area contributed by atoms with Crippen molar-refractivity contribution in [1.29, 1.82) is 0 Å². The zero-order valence-electron chi connectivity index (χ0n) is 12.7. The molecule has 116 valence electrons. The van der Waals surface area contributed by atoms with E-state index in [9.17, 15) is 4.79 Å². The second-order valence-corrected chi connectivity index (χ2v) is 6.17. The molecule has 21 heavy (non-hydrogen) atoms. The van der Waals surface area contributed by atoms with Crippen LogP contribution in [0.5, 0.6) is 0 Å². The fourth-order valence-corrected chi connectivity index (χ4v) is 3.64. The first kappa shape index (κ1) is 16.3. The molecule has 2 heterocycles. The number of halogens is 1. The van der Waals surface area contributed by atoms with Gasteiger partial charge in [0.1, 0.15) is 0 Å². The summed E-state index contributed by atoms with van der Waals surface area (Å²) in [6, 6.07) is 9.42. The van der Waals surface area contributed by atoms with Crippen LogP contribution in [0.15, 0.2) is 24.3 Å².